The lowest BCUT2D eigenvalue weighted by Crippen LogP contribution is -2.49. The highest BCUT2D eigenvalue weighted by Crippen LogP contribution is 2.08. The van der Waals surface area contributed by atoms with Crippen LogP contribution in [0.1, 0.15) is 33.3 Å². The van der Waals surface area contributed by atoms with E-state index in [0.29, 0.717) is 0 Å². The van der Waals surface area contributed by atoms with Crippen LogP contribution >= 0.6 is 0 Å². The van der Waals surface area contributed by atoms with Crippen LogP contribution in [0, 0.1) is 0 Å². The van der Waals surface area contributed by atoms with Gasteiger partial charge in [-0.25, -0.2) is 9.59 Å². The molecule has 0 aliphatic rings. The quantitative estimate of drug-likeness (QED) is 0.813. The van der Waals surface area contributed by atoms with Crippen molar-refractivity contribution in [1.82, 2.24) is 5.32 Å². The number of aliphatic hydroxyl groups excluding tert-OH is 1. The van der Waals surface area contributed by atoms with E-state index < -0.39 is 29.8 Å². The zero-order valence-electron chi connectivity index (χ0n) is 13.3. The summed E-state index contributed by atoms with van der Waals surface area (Å²) in [5, 5.41) is 12.0. The topological polar surface area (TPSA) is 84.9 Å². The highest BCUT2D eigenvalue weighted by molar-refractivity contribution is 5.82. The summed E-state index contributed by atoms with van der Waals surface area (Å²) < 4.78 is 10.2. The highest BCUT2D eigenvalue weighted by Gasteiger charge is 2.29. The zero-order chi connectivity index (χ0) is 16.8. The molecule has 0 saturated carbocycles. The Morgan fingerprint density at radius 1 is 1.23 bits per heavy atom. The number of ether oxygens (including phenoxy) is 2. The van der Waals surface area contributed by atoms with Gasteiger partial charge in [-0.2, -0.15) is 0 Å². The van der Waals surface area contributed by atoms with E-state index in [9.17, 15) is 14.7 Å². The number of hydrogen-bond acceptors (Lipinski definition) is 5. The van der Waals surface area contributed by atoms with E-state index in [4.69, 9.17) is 9.47 Å². The summed E-state index contributed by atoms with van der Waals surface area (Å²) in [6.07, 6.45) is -1.88. The minimum absolute atomic E-state index is 0.0683. The van der Waals surface area contributed by atoms with Gasteiger partial charge < -0.3 is 19.9 Å². The number of rotatable bonds is 5. The molecule has 6 nitrogen and oxygen atoms in total. The van der Waals surface area contributed by atoms with Gasteiger partial charge in [-0.3, -0.25) is 0 Å². The third kappa shape index (κ3) is 6.58. The number of carbonyl (C=O) groups excluding carboxylic acids is 2. The van der Waals surface area contributed by atoms with Crippen molar-refractivity contribution in [3.8, 4) is 0 Å². The number of esters is 1. The number of carbonyl (C=O) groups is 2. The van der Waals surface area contributed by atoms with Crippen molar-refractivity contribution in [2.45, 2.75) is 52.0 Å². The Balaban J connectivity index is 2.58. The third-order valence-corrected chi connectivity index (χ3v) is 2.63. The van der Waals surface area contributed by atoms with E-state index in [1.54, 1.807) is 20.8 Å². The number of amides is 1. The van der Waals surface area contributed by atoms with Gasteiger partial charge in [0.1, 0.15) is 12.2 Å². The van der Waals surface area contributed by atoms with Gasteiger partial charge in [0, 0.05) is 0 Å². The Morgan fingerprint density at radius 2 is 1.82 bits per heavy atom. The summed E-state index contributed by atoms with van der Waals surface area (Å²) in [4.78, 5) is 23.7. The molecule has 2 N–H and O–H groups in total. The average molecular weight is 309 g/mol. The minimum atomic E-state index is -1.18. The second kappa shape index (κ2) is 7.79. The second-order valence-corrected chi connectivity index (χ2v) is 5.96. The Bertz CT molecular complexity index is 493. The maximum atomic E-state index is 12.0. The lowest BCUT2D eigenvalue weighted by atomic mass is 10.2. The van der Waals surface area contributed by atoms with Gasteiger partial charge in [-0.15, -0.1) is 0 Å². The molecular weight excluding hydrogens is 286 g/mol. The molecule has 122 valence electrons. The van der Waals surface area contributed by atoms with Crippen LogP contribution in [-0.2, 0) is 20.9 Å². The summed E-state index contributed by atoms with van der Waals surface area (Å²) in [5.74, 6) is -0.718. The number of benzene rings is 1. The van der Waals surface area contributed by atoms with Gasteiger partial charge in [0.15, 0.2) is 6.04 Å². The van der Waals surface area contributed by atoms with Crippen molar-refractivity contribution in [2.75, 3.05) is 0 Å². The van der Waals surface area contributed by atoms with Gasteiger partial charge in [-0.05, 0) is 33.3 Å². The van der Waals surface area contributed by atoms with E-state index in [-0.39, 0.29) is 6.61 Å². The first-order valence-corrected chi connectivity index (χ1v) is 7.07. The standard InChI is InChI=1S/C16H23NO5/c1-11(18)13(17-15(20)22-16(2,3)4)14(19)21-10-12-8-6-5-7-9-12/h5-9,11,13,18H,10H2,1-4H3,(H,17,20)/t11-,13?/m0/s1. The van der Waals surface area contributed by atoms with Crippen LogP contribution < -0.4 is 5.32 Å². The molecule has 1 aromatic rings. The maximum Gasteiger partial charge on any atom is 0.408 e. The molecule has 1 amide bonds. The Labute approximate surface area is 130 Å². The highest BCUT2D eigenvalue weighted by atomic mass is 16.6. The minimum Gasteiger partial charge on any atom is -0.459 e. The van der Waals surface area contributed by atoms with Gasteiger partial charge >= 0.3 is 12.1 Å². The lowest BCUT2D eigenvalue weighted by molar-refractivity contribution is -0.150. The van der Waals surface area contributed by atoms with Crippen molar-refractivity contribution in [2.24, 2.45) is 0 Å². The molecule has 0 aliphatic heterocycles. The summed E-state index contributed by atoms with van der Waals surface area (Å²) >= 11 is 0. The first-order valence-electron chi connectivity index (χ1n) is 7.07. The fraction of sp³-hybridized carbons (Fsp3) is 0.500. The molecule has 2 atom stereocenters. The summed E-state index contributed by atoms with van der Waals surface area (Å²) in [6, 6.07) is 7.95. The van der Waals surface area contributed by atoms with Crippen molar-refractivity contribution < 1.29 is 24.2 Å². The lowest BCUT2D eigenvalue weighted by Gasteiger charge is -2.24. The predicted octanol–water partition coefficient (Wildman–Crippen LogP) is 2.00. The van der Waals surface area contributed by atoms with Gasteiger partial charge in [-0.1, -0.05) is 30.3 Å². The monoisotopic (exact) mass is 309 g/mol. The molecule has 6 heteroatoms. The SMILES string of the molecule is C[C@H](O)C(NC(=O)OC(C)(C)C)C(=O)OCc1ccccc1. The van der Waals surface area contributed by atoms with E-state index >= 15 is 0 Å². The van der Waals surface area contributed by atoms with Crippen LogP contribution in [0.4, 0.5) is 4.79 Å². The number of nitrogens with one attached hydrogen (secondary N) is 1. The first kappa shape index (κ1) is 18.0. The Kier molecular flexibility index (Phi) is 6.37. The number of alkyl carbamates (subject to hydrolysis) is 1. The smallest absolute Gasteiger partial charge is 0.408 e. The van der Waals surface area contributed by atoms with Crippen LogP contribution in [0.3, 0.4) is 0 Å². The van der Waals surface area contributed by atoms with Crippen LogP contribution in [0.25, 0.3) is 0 Å². The van der Waals surface area contributed by atoms with Crippen LogP contribution in [0.15, 0.2) is 30.3 Å². The second-order valence-electron chi connectivity index (χ2n) is 5.96. The predicted molar refractivity (Wildman–Crippen MR) is 81.1 cm³/mol. The van der Waals surface area contributed by atoms with Crippen molar-refractivity contribution >= 4 is 12.1 Å². The van der Waals surface area contributed by atoms with Crippen LogP contribution in [-0.4, -0.2) is 34.9 Å². The molecule has 0 radical (unpaired) electrons. The van der Waals surface area contributed by atoms with Crippen molar-refractivity contribution in [3.63, 3.8) is 0 Å². The molecule has 0 aromatic heterocycles. The van der Waals surface area contributed by atoms with Gasteiger partial charge in [0.2, 0.25) is 0 Å². The van der Waals surface area contributed by atoms with Crippen molar-refractivity contribution in [3.05, 3.63) is 35.9 Å². The molecule has 0 heterocycles. The molecular formula is C16H23NO5. The largest absolute Gasteiger partial charge is 0.459 e. The van der Waals surface area contributed by atoms with Crippen LogP contribution in [0.2, 0.25) is 0 Å². The molecule has 1 rings (SSSR count). The average Bonchev–Trinajstić information content (AvgIpc) is 2.41. The van der Waals surface area contributed by atoms with E-state index in [2.05, 4.69) is 5.32 Å². The van der Waals surface area contributed by atoms with E-state index in [1.807, 2.05) is 30.3 Å². The van der Waals surface area contributed by atoms with Crippen LogP contribution in [0.5, 0.6) is 0 Å². The fourth-order valence-electron chi connectivity index (χ4n) is 1.63. The molecule has 22 heavy (non-hydrogen) atoms. The Morgan fingerprint density at radius 3 is 2.32 bits per heavy atom. The van der Waals surface area contributed by atoms with Gasteiger partial charge in [0.05, 0.1) is 6.10 Å². The molecule has 0 saturated heterocycles. The molecule has 0 fully saturated rings. The zero-order valence-corrected chi connectivity index (χ0v) is 13.3. The van der Waals surface area contributed by atoms with Crippen molar-refractivity contribution in [1.29, 1.82) is 0 Å². The molecule has 0 bridgehead atoms. The fourth-order valence-corrected chi connectivity index (χ4v) is 1.63. The molecule has 1 aromatic carbocycles. The van der Waals surface area contributed by atoms with Gasteiger partial charge in [0.25, 0.3) is 0 Å². The summed E-state index contributed by atoms with van der Waals surface area (Å²) in [6.45, 7) is 6.58. The summed E-state index contributed by atoms with van der Waals surface area (Å²) in [7, 11) is 0. The normalized spacial score (nSPS) is 13.9. The number of hydrogen-bond donors (Lipinski definition) is 2. The molecule has 1 unspecified atom stereocenters. The third-order valence-electron chi connectivity index (χ3n) is 2.63. The summed E-state index contributed by atoms with van der Waals surface area (Å²) in [5.41, 5.74) is 0.124. The first-order chi connectivity index (χ1) is 10.2. The van der Waals surface area contributed by atoms with E-state index in [1.165, 1.54) is 6.92 Å². The Hall–Kier alpha value is -2.08. The van der Waals surface area contributed by atoms with E-state index in [0.717, 1.165) is 5.56 Å². The maximum absolute atomic E-state index is 12.0. The number of aliphatic hydroxyl groups is 1. The molecule has 0 aliphatic carbocycles. The molecule has 0 spiro atoms.